The molecule has 11 heteroatoms. The van der Waals surface area contributed by atoms with Crippen LogP contribution in [0, 0.1) is 11.8 Å². The number of hydroxylamine groups is 1. The lowest BCUT2D eigenvalue weighted by atomic mass is 9.91. The molecule has 4 amide bonds. The van der Waals surface area contributed by atoms with E-state index >= 15 is 0 Å². The number of halogens is 3. The molecule has 2 rings (SSSR count). The lowest BCUT2D eigenvalue weighted by Gasteiger charge is -2.36. The largest absolute Gasteiger partial charge is 0.341 e. The van der Waals surface area contributed by atoms with E-state index in [2.05, 4.69) is 22.5 Å². The highest BCUT2D eigenvalue weighted by atomic mass is 35.5. The Morgan fingerprint density at radius 1 is 1.00 bits per heavy atom. The Labute approximate surface area is 193 Å². The first-order chi connectivity index (χ1) is 15.6. The summed E-state index contributed by atoms with van der Waals surface area (Å²) in [5.41, 5.74) is 0.0437. The van der Waals surface area contributed by atoms with Crippen LogP contribution >= 0.6 is 11.6 Å². The zero-order valence-electron chi connectivity index (χ0n) is 17.6. The number of carbonyl (C=O) groups is 3. The van der Waals surface area contributed by atoms with Gasteiger partial charge in [0.15, 0.2) is 0 Å². The van der Waals surface area contributed by atoms with Crippen molar-refractivity contribution in [1.29, 1.82) is 0 Å². The molecule has 1 unspecified atom stereocenters. The van der Waals surface area contributed by atoms with Crippen LogP contribution < -0.4 is 21.4 Å². The lowest BCUT2D eigenvalue weighted by Crippen LogP contribution is -2.69. The molecule has 0 bridgehead atoms. The van der Waals surface area contributed by atoms with Crippen LogP contribution in [0.5, 0.6) is 0 Å². The van der Waals surface area contributed by atoms with Crippen molar-refractivity contribution < 1.29 is 28.4 Å². The third-order valence-corrected chi connectivity index (χ3v) is 4.91. The topological polar surface area (TPSA) is 120 Å². The summed E-state index contributed by atoms with van der Waals surface area (Å²) in [6.45, 7) is 0.864. The first-order valence-electron chi connectivity index (χ1n) is 9.51. The third kappa shape index (κ3) is 6.65. The summed E-state index contributed by atoms with van der Waals surface area (Å²) in [5, 5.41) is 15.7. The van der Waals surface area contributed by atoms with E-state index < -0.39 is 35.9 Å². The fraction of sp³-hybridized carbons (Fsp3) is 0.227. The van der Waals surface area contributed by atoms with E-state index in [1.807, 2.05) is 5.32 Å². The highest BCUT2D eigenvalue weighted by molar-refractivity contribution is 6.30. The van der Waals surface area contributed by atoms with E-state index in [9.17, 15) is 23.2 Å². The van der Waals surface area contributed by atoms with Gasteiger partial charge in [-0.05, 0) is 55.5 Å². The summed E-state index contributed by atoms with van der Waals surface area (Å²) >= 11 is 5.83. The molecule has 2 atom stereocenters. The highest BCUT2D eigenvalue weighted by Gasteiger charge is 2.48. The number of amides is 4. The quantitative estimate of drug-likeness (QED) is 0.248. The van der Waals surface area contributed by atoms with E-state index in [4.69, 9.17) is 16.8 Å². The van der Waals surface area contributed by atoms with Gasteiger partial charge in [0.1, 0.15) is 11.6 Å². The van der Waals surface area contributed by atoms with Crippen molar-refractivity contribution in [2.75, 3.05) is 7.05 Å². The number of carbonyl (C=O) groups excluding carboxylic acids is 3. The average Bonchev–Trinajstić information content (AvgIpc) is 2.81. The monoisotopic (exact) mass is 478 g/mol. The zero-order valence-corrected chi connectivity index (χ0v) is 18.3. The minimum absolute atomic E-state index is 0.0411. The molecule has 0 spiro atoms. The zero-order chi connectivity index (χ0) is 24.6. The van der Waals surface area contributed by atoms with Gasteiger partial charge in [0.2, 0.25) is 0 Å². The molecule has 5 N–H and O–H groups in total. The molecule has 0 aromatic heterocycles. The van der Waals surface area contributed by atoms with Crippen molar-refractivity contribution in [2.24, 2.45) is 0 Å². The van der Waals surface area contributed by atoms with Crippen molar-refractivity contribution in [3.63, 3.8) is 0 Å². The summed E-state index contributed by atoms with van der Waals surface area (Å²) < 4.78 is 27.6. The van der Waals surface area contributed by atoms with Crippen molar-refractivity contribution >= 4 is 29.4 Å². The van der Waals surface area contributed by atoms with Crippen LogP contribution in [0.15, 0.2) is 48.5 Å². The SMILES string of the molecule is CNC(=O)NC(C)(C(F)F)[C@H](NC(=O)c1ccc(C#Cc2ccc(Cl)cc2)cc1)C(=O)NO. The van der Waals surface area contributed by atoms with Gasteiger partial charge in [-0.25, -0.2) is 19.1 Å². The molecule has 2 aromatic rings. The molecule has 0 saturated heterocycles. The first kappa shape index (κ1) is 25.6. The molecule has 0 fully saturated rings. The average molecular weight is 479 g/mol. The van der Waals surface area contributed by atoms with Gasteiger partial charge in [-0.1, -0.05) is 23.4 Å². The van der Waals surface area contributed by atoms with Crippen molar-refractivity contribution in [1.82, 2.24) is 21.4 Å². The molecular weight excluding hydrogens is 458 g/mol. The maximum Gasteiger partial charge on any atom is 0.315 e. The van der Waals surface area contributed by atoms with Gasteiger partial charge < -0.3 is 16.0 Å². The summed E-state index contributed by atoms with van der Waals surface area (Å²) in [5.74, 6) is 3.61. The van der Waals surface area contributed by atoms with E-state index in [0.717, 1.165) is 12.5 Å². The van der Waals surface area contributed by atoms with Gasteiger partial charge >= 0.3 is 6.03 Å². The first-order valence-corrected chi connectivity index (χ1v) is 9.89. The predicted molar refractivity (Wildman–Crippen MR) is 117 cm³/mol. The summed E-state index contributed by atoms with van der Waals surface area (Å²) in [6.07, 6.45) is -3.28. The predicted octanol–water partition coefficient (Wildman–Crippen LogP) is 2.30. The number of alkyl halides is 2. The van der Waals surface area contributed by atoms with Gasteiger partial charge in [0, 0.05) is 28.8 Å². The van der Waals surface area contributed by atoms with Crippen LogP contribution in [0.25, 0.3) is 0 Å². The third-order valence-electron chi connectivity index (χ3n) is 4.65. The number of nitrogens with one attached hydrogen (secondary N) is 4. The van der Waals surface area contributed by atoms with Gasteiger partial charge in [-0.3, -0.25) is 14.8 Å². The Hall–Kier alpha value is -3.68. The number of rotatable bonds is 6. The number of hydrogen-bond donors (Lipinski definition) is 5. The van der Waals surface area contributed by atoms with Gasteiger partial charge in [-0.2, -0.15) is 0 Å². The minimum atomic E-state index is -3.28. The van der Waals surface area contributed by atoms with E-state index in [0.29, 0.717) is 10.6 Å². The summed E-state index contributed by atoms with van der Waals surface area (Å²) in [7, 11) is 1.19. The fourth-order valence-corrected chi connectivity index (χ4v) is 2.84. The molecule has 0 radical (unpaired) electrons. The molecule has 33 heavy (non-hydrogen) atoms. The fourth-order valence-electron chi connectivity index (χ4n) is 2.71. The normalized spacial score (nSPS) is 13.1. The van der Waals surface area contributed by atoms with Gasteiger partial charge in [-0.15, -0.1) is 0 Å². The molecule has 2 aromatic carbocycles. The second-order valence-electron chi connectivity index (χ2n) is 7.00. The Morgan fingerprint density at radius 2 is 1.52 bits per heavy atom. The minimum Gasteiger partial charge on any atom is -0.341 e. The molecule has 0 saturated carbocycles. The van der Waals surface area contributed by atoms with E-state index in [1.54, 1.807) is 24.3 Å². The van der Waals surface area contributed by atoms with Crippen LogP contribution in [0.3, 0.4) is 0 Å². The van der Waals surface area contributed by atoms with Crippen LogP contribution in [0.2, 0.25) is 5.02 Å². The highest BCUT2D eigenvalue weighted by Crippen LogP contribution is 2.21. The van der Waals surface area contributed by atoms with E-state index in [-0.39, 0.29) is 5.56 Å². The van der Waals surface area contributed by atoms with Crippen molar-refractivity contribution in [3.05, 3.63) is 70.2 Å². The standard InChI is InChI=1S/C22H21ClF2N4O4/c1-22(20(24)25,28-21(32)26-2)17(19(31)29-33)27-18(30)15-9-5-13(6-10-15)3-4-14-7-11-16(23)12-8-14/h5-12,17,20,33H,1-2H3,(H,27,30)(H,29,31)(H2,26,28,32)/t17-,22?/m1/s1. The number of urea groups is 1. The molecular formula is C22H21ClF2N4O4. The second kappa shape index (κ2) is 11.3. The van der Waals surface area contributed by atoms with Gasteiger partial charge in [0.05, 0.1) is 0 Å². The molecule has 174 valence electrons. The maximum atomic E-state index is 13.8. The van der Waals surface area contributed by atoms with Crippen LogP contribution in [-0.2, 0) is 4.79 Å². The van der Waals surface area contributed by atoms with Crippen molar-refractivity contribution in [2.45, 2.75) is 24.9 Å². The Bertz CT molecular complexity index is 1070. The second-order valence-corrected chi connectivity index (χ2v) is 7.44. The smallest absolute Gasteiger partial charge is 0.315 e. The van der Waals surface area contributed by atoms with Crippen LogP contribution in [-0.4, -0.2) is 48.1 Å². The van der Waals surface area contributed by atoms with E-state index in [1.165, 1.54) is 36.8 Å². The molecule has 0 aliphatic carbocycles. The molecule has 0 aliphatic heterocycles. The Balaban J connectivity index is 2.23. The van der Waals surface area contributed by atoms with Crippen LogP contribution in [0.1, 0.15) is 28.4 Å². The molecule has 0 aliphatic rings. The lowest BCUT2D eigenvalue weighted by molar-refractivity contribution is -0.135. The summed E-state index contributed by atoms with van der Waals surface area (Å²) in [6, 6.07) is 9.73. The van der Waals surface area contributed by atoms with Crippen molar-refractivity contribution in [3.8, 4) is 11.8 Å². The van der Waals surface area contributed by atoms with Gasteiger partial charge in [0.25, 0.3) is 18.2 Å². The molecule has 8 nitrogen and oxygen atoms in total. The Kier molecular flexibility index (Phi) is 8.73. The number of hydrogen-bond acceptors (Lipinski definition) is 4. The molecule has 0 heterocycles. The number of benzene rings is 2. The van der Waals surface area contributed by atoms with Crippen LogP contribution in [0.4, 0.5) is 13.6 Å². The maximum absolute atomic E-state index is 13.8. The Morgan fingerprint density at radius 3 is 1.97 bits per heavy atom. The summed E-state index contributed by atoms with van der Waals surface area (Å²) in [4.78, 5) is 36.4.